The van der Waals surface area contributed by atoms with Gasteiger partial charge in [-0.15, -0.1) is 5.10 Å². The van der Waals surface area contributed by atoms with Crippen molar-refractivity contribution in [2.75, 3.05) is 31.8 Å². The number of nitrogens with one attached hydrogen (secondary N) is 1. The number of carbonyl (C=O) groups excluding carboxylic acids is 2. The van der Waals surface area contributed by atoms with Crippen LogP contribution < -0.4 is 10.4 Å². The molecule has 0 saturated carbocycles. The van der Waals surface area contributed by atoms with Crippen LogP contribution in [0.1, 0.15) is 12.1 Å². The molecule has 0 unspecified atom stereocenters. The van der Waals surface area contributed by atoms with Crippen molar-refractivity contribution in [2.24, 2.45) is 0 Å². The van der Waals surface area contributed by atoms with E-state index >= 15 is 4.39 Å². The first-order valence-electron chi connectivity index (χ1n) is 11.9. The first-order chi connectivity index (χ1) is 18.5. The lowest BCUT2D eigenvalue weighted by Crippen LogP contribution is -2.26. The lowest BCUT2D eigenvalue weighted by atomic mass is 10.1. The molecule has 1 aromatic carbocycles. The van der Waals surface area contributed by atoms with Gasteiger partial charge in [0.15, 0.2) is 0 Å². The number of hydrogen-bond acceptors (Lipinski definition) is 10. The molecule has 0 aliphatic carbocycles. The molecule has 4 heterocycles. The molecule has 1 amide bonds. The van der Waals surface area contributed by atoms with Gasteiger partial charge >= 0.3 is 12.1 Å². The van der Waals surface area contributed by atoms with E-state index < -0.39 is 24.1 Å². The van der Waals surface area contributed by atoms with E-state index in [-0.39, 0.29) is 25.5 Å². The van der Waals surface area contributed by atoms with Gasteiger partial charge in [-0.2, -0.15) is 0 Å². The molecule has 2 aliphatic heterocycles. The molecule has 38 heavy (non-hydrogen) atoms. The molecule has 0 bridgehead atoms. The minimum atomic E-state index is -0.545. The minimum absolute atomic E-state index is 0.0560. The zero-order valence-electron chi connectivity index (χ0n) is 20.4. The number of hydrogen-bond donors (Lipinski definition) is 1. The second-order valence-corrected chi connectivity index (χ2v) is 8.60. The van der Waals surface area contributed by atoms with E-state index in [1.54, 1.807) is 53.6 Å². The third-order valence-electron chi connectivity index (χ3n) is 5.94. The molecule has 2 aromatic heterocycles. The predicted octanol–water partition coefficient (Wildman–Crippen LogP) is 2.33. The van der Waals surface area contributed by atoms with Gasteiger partial charge in [-0.25, -0.2) is 13.9 Å². The van der Waals surface area contributed by atoms with Gasteiger partial charge in [-0.1, -0.05) is 11.3 Å². The summed E-state index contributed by atoms with van der Waals surface area (Å²) in [6.07, 6.45) is 5.26. The first-order valence-corrected chi connectivity index (χ1v) is 11.9. The van der Waals surface area contributed by atoms with Crippen molar-refractivity contribution in [3.63, 3.8) is 0 Å². The van der Waals surface area contributed by atoms with Gasteiger partial charge in [0.05, 0.1) is 49.4 Å². The van der Waals surface area contributed by atoms with Gasteiger partial charge in [0, 0.05) is 30.6 Å². The van der Waals surface area contributed by atoms with Crippen LogP contribution in [0.2, 0.25) is 0 Å². The molecular weight excluding hydrogens is 499 g/mol. The normalized spacial score (nSPS) is 18.7. The first kappa shape index (κ1) is 25.3. The minimum Gasteiger partial charge on any atom is -0.462 e. The Morgan fingerprint density at radius 1 is 1.29 bits per heavy atom. The number of amides is 1. The van der Waals surface area contributed by atoms with Crippen molar-refractivity contribution in [3.05, 3.63) is 66.5 Å². The maximum absolute atomic E-state index is 15.1. The van der Waals surface area contributed by atoms with Crippen LogP contribution in [0, 0.1) is 5.82 Å². The summed E-state index contributed by atoms with van der Waals surface area (Å²) in [5.74, 6) is -0.873. The van der Waals surface area contributed by atoms with Crippen LogP contribution in [-0.2, 0) is 30.4 Å². The van der Waals surface area contributed by atoms with Crippen LogP contribution >= 0.6 is 0 Å². The number of aromatic nitrogens is 4. The summed E-state index contributed by atoms with van der Waals surface area (Å²) in [5, 5.41) is 7.61. The van der Waals surface area contributed by atoms with E-state index in [2.05, 4.69) is 20.8 Å². The van der Waals surface area contributed by atoms with Crippen molar-refractivity contribution in [3.8, 4) is 11.1 Å². The molecule has 0 spiro atoms. The molecule has 2 aliphatic rings. The van der Waals surface area contributed by atoms with Crippen molar-refractivity contribution >= 4 is 23.4 Å². The van der Waals surface area contributed by atoms with Gasteiger partial charge in [0.1, 0.15) is 24.6 Å². The molecule has 1 N–H and O–H groups in total. The van der Waals surface area contributed by atoms with Crippen molar-refractivity contribution < 1.29 is 33.0 Å². The Labute approximate surface area is 216 Å². The highest BCUT2D eigenvalue weighted by Crippen LogP contribution is 2.30. The van der Waals surface area contributed by atoms with Gasteiger partial charge in [-0.05, 0) is 30.3 Å². The quantitative estimate of drug-likeness (QED) is 0.395. The number of halogens is 1. The standard InChI is InChI=1S/C25H25FN6O6/c1-35-9-6-24(33)36-15-18-11-23(29-38-18)22-5-2-16(12-27-22)20-4-3-17(10-21(20)26)32-14-19(37-25(32)34)13-31-8-7-28-30-31/h2-5,7-8,10-12,18-19,29H,6,9,13-15H2,1H3/t18-,19-/m0/s1. The van der Waals surface area contributed by atoms with Crippen LogP contribution in [0.15, 0.2) is 55.0 Å². The Hall–Kier alpha value is -4.36. The molecule has 3 aromatic rings. The fourth-order valence-corrected chi connectivity index (χ4v) is 4.03. The van der Waals surface area contributed by atoms with Crippen LogP contribution in [0.4, 0.5) is 14.9 Å². The molecule has 2 atom stereocenters. The highest BCUT2D eigenvalue weighted by atomic mass is 19.1. The summed E-state index contributed by atoms with van der Waals surface area (Å²) >= 11 is 0. The number of ether oxygens (including phenoxy) is 3. The van der Waals surface area contributed by atoms with Crippen LogP contribution in [0.5, 0.6) is 0 Å². The molecule has 1 fully saturated rings. The number of rotatable bonds is 10. The Morgan fingerprint density at radius 3 is 2.92 bits per heavy atom. The average Bonchev–Trinajstić information content (AvgIpc) is 3.68. The van der Waals surface area contributed by atoms with Gasteiger partial charge in [0.2, 0.25) is 0 Å². The zero-order chi connectivity index (χ0) is 26.5. The van der Waals surface area contributed by atoms with Crippen LogP contribution in [0.3, 0.4) is 0 Å². The number of nitrogens with zero attached hydrogens (tertiary/aromatic N) is 5. The Morgan fingerprint density at radius 2 is 2.18 bits per heavy atom. The highest BCUT2D eigenvalue weighted by Gasteiger charge is 2.33. The number of pyridine rings is 1. The van der Waals surface area contributed by atoms with Gasteiger partial charge in [0.25, 0.3) is 0 Å². The maximum Gasteiger partial charge on any atom is 0.414 e. The van der Waals surface area contributed by atoms with E-state index in [0.29, 0.717) is 41.4 Å². The highest BCUT2D eigenvalue weighted by molar-refractivity contribution is 5.90. The van der Waals surface area contributed by atoms with E-state index in [1.807, 2.05) is 0 Å². The smallest absolute Gasteiger partial charge is 0.414 e. The third kappa shape index (κ3) is 5.79. The van der Waals surface area contributed by atoms with E-state index in [0.717, 1.165) is 0 Å². The monoisotopic (exact) mass is 524 g/mol. The van der Waals surface area contributed by atoms with Crippen LogP contribution in [-0.4, -0.2) is 71.1 Å². The number of cyclic esters (lactones) is 1. The lowest BCUT2D eigenvalue weighted by Gasteiger charge is -2.14. The van der Waals surface area contributed by atoms with E-state index in [4.69, 9.17) is 19.0 Å². The third-order valence-corrected chi connectivity index (χ3v) is 5.94. The molecule has 12 nitrogen and oxygen atoms in total. The molecule has 1 saturated heterocycles. The summed E-state index contributed by atoms with van der Waals surface area (Å²) in [5.41, 5.74) is 5.26. The largest absolute Gasteiger partial charge is 0.462 e. The van der Waals surface area contributed by atoms with E-state index in [1.165, 1.54) is 18.1 Å². The number of anilines is 1. The number of carbonyl (C=O) groups is 2. The fourth-order valence-electron chi connectivity index (χ4n) is 4.03. The van der Waals surface area contributed by atoms with Gasteiger partial charge in [-0.3, -0.25) is 25.0 Å². The Kier molecular flexibility index (Phi) is 7.56. The second-order valence-electron chi connectivity index (χ2n) is 8.60. The summed E-state index contributed by atoms with van der Waals surface area (Å²) in [6.45, 7) is 0.975. The fraction of sp³-hybridized carbons (Fsp3) is 0.320. The number of methoxy groups -OCH3 is 1. The Balaban J connectivity index is 1.21. The molecule has 198 valence electrons. The maximum atomic E-state index is 15.1. The molecular formula is C25H25FN6O6. The summed E-state index contributed by atoms with van der Waals surface area (Å²) in [7, 11) is 1.51. The molecule has 13 heteroatoms. The van der Waals surface area contributed by atoms with Crippen molar-refractivity contribution in [1.29, 1.82) is 0 Å². The van der Waals surface area contributed by atoms with Crippen LogP contribution in [0.25, 0.3) is 16.8 Å². The summed E-state index contributed by atoms with van der Waals surface area (Å²) < 4.78 is 32.0. The topological polar surface area (TPSA) is 130 Å². The summed E-state index contributed by atoms with van der Waals surface area (Å²) in [6, 6.07) is 8.03. The summed E-state index contributed by atoms with van der Waals surface area (Å²) in [4.78, 5) is 35.2. The lowest BCUT2D eigenvalue weighted by molar-refractivity contribution is -0.148. The van der Waals surface area contributed by atoms with Crippen molar-refractivity contribution in [2.45, 2.75) is 25.2 Å². The van der Waals surface area contributed by atoms with Crippen molar-refractivity contribution in [1.82, 2.24) is 25.5 Å². The number of esters is 1. The zero-order valence-corrected chi connectivity index (χ0v) is 20.4. The average molecular weight is 525 g/mol. The number of hydroxylamine groups is 1. The second kappa shape index (κ2) is 11.4. The van der Waals surface area contributed by atoms with Gasteiger partial charge < -0.3 is 14.2 Å². The molecule has 5 rings (SSSR count). The predicted molar refractivity (Wildman–Crippen MR) is 131 cm³/mol. The Bertz CT molecular complexity index is 1320. The molecule has 0 radical (unpaired) electrons. The number of benzene rings is 1. The van der Waals surface area contributed by atoms with E-state index in [9.17, 15) is 9.59 Å². The SMILES string of the molecule is COCCC(=O)OC[C@@H]1C=C(c2ccc(-c3ccc(N4C[C@H](Cn5ccnn5)OC4=O)cc3F)cn2)NO1.